The van der Waals surface area contributed by atoms with E-state index in [-0.39, 0.29) is 11.9 Å². The molecule has 2 aliphatic rings. The summed E-state index contributed by atoms with van der Waals surface area (Å²) >= 11 is 1.42. The Morgan fingerprint density at radius 1 is 1.39 bits per heavy atom. The van der Waals surface area contributed by atoms with Gasteiger partial charge in [-0.3, -0.25) is 4.79 Å². The molecule has 4 rings (SSSR count). The number of rotatable bonds is 3. The Kier molecular flexibility index (Phi) is 5.02. The number of nitrogens with one attached hydrogen (secondary N) is 1. The number of piperidine rings is 1. The third-order valence-corrected chi connectivity index (χ3v) is 5.75. The predicted octanol–water partition coefficient (Wildman–Crippen LogP) is 0.711. The van der Waals surface area contributed by atoms with Gasteiger partial charge in [0.2, 0.25) is 0 Å². The van der Waals surface area contributed by atoms with Crippen molar-refractivity contribution in [2.75, 3.05) is 27.2 Å². The third kappa shape index (κ3) is 3.59. The maximum atomic E-state index is 12.7. The first-order valence-corrected chi connectivity index (χ1v) is 10.1. The topological polar surface area (TPSA) is 105 Å². The van der Waals surface area contributed by atoms with Gasteiger partial charge in [0.25, 0.3) is 5.91 Å². The summed E-state index contributed by atoms with van der Waals surface area (Å²) in [4.78, 5) is 31.8. The molecule has 4 heterocycles. The van der Waals surface area contributed by atoms with Crippen LogP contribution < -0.4 is 5.32 Å². The predicted molar refractivity (Wildman–Crippen MR) is 101 cm³/mol. The molecule has 1 saturated heterocycles. The second kappa shape index (κ2) is 7.47. The van der Waals surface area contributed by atoms with E-state index >= 15 is 0 Å². The summed E-state index contributed by atoms with van der Waals surface area (Å²) < 4.78 is 8.09. The number of hydrogen-bond donors (Lipinski definition) is 1. The summed E-state index contributed by atoms with van der Waals surface area (Å²) in [6.45, 7) is 2.41. The van der Waals surface area contributed by atoms with Gasteiger partial charge in [0, 0.05) is 26.0 Å². The van der Waals surface area contributed by atoms with E-state index in [0.717, 1.165) is 18.5 Å². The lowest BCUT2D eigenvalue weighted by Crippen LogP contribution is -2.55. The number of hydrogen-bond acceptors (Lipinski definition) is 7. The monoisotopic (exact) mass is 405 g/mol. The molecule has 2 aromatic heterocycles. The zero-order valence-corrected chi connectivity index (χ0v) is 16.7. The molecule has 3 amide bonds. The molecule has 1 N–H and O–H groups in total. The number of carbonyl (C=O) groups excluding carboxylic acids is 2. The van der Waals surface area contributed by atoms with Crippen LogP contribution in [0.5, 0.6) is 0 Å². The molecule has 1 unspecified atom stereocenters. The molecule has 10 nitrogen and oxygen atoms in total. The summed E-state index contributed by atoms with van der Waals surface area (Å²) in [5, 5.41) is 13.0. The number of nitrogens with zero attached hydrogens (tertiary/aromatic N) is 6. The van der Waals surface area contributed by atoms with Gasteiger partial charge in [-0.1, -0.05) is 5.21 Å². The van der Waals surface area contributed by atoms with Crippen LogP contribution in [0.3, 0.4) is 0 Å². The van der Waals surface area contributed by atoms with E-state index < -0.39 is 5.60 Å². The smallest absolute Gasteiger partial charge is 0.317 e. The van der Waals surface area contributed by atoms with Gasteiger partial charge in [-0.05, 0) is 12.8 Å². The average Bonchev–Trinajstić information content (AvgIpc) is 3.35. The maximum absolute atomic E-state index is 12.7. The molecule has 150 valence electrons. The molecule has 0 bridgehead atoms. The number of urea groups is 1. The van der Waals surface area contributed by atoms with Gasteiger partial charge in [-0.2, -0.15) is 0 Å². The normalized spacial score (nSPS) is 21.4. The Morgan fingerprint density at radius 3 is 3.00 bits per heavy atom. The van der Waals surface area contributed by atoms with Crippen molar-refractivity contribution >= 4 is 23.3 Å². The van der Waals surface area contributed by atoms with Crippen LogP contribution in [0.1, 0.15) is 34.7 Å². The van der Waals surface area contributed by atoms with Crippen LogP contribution >= 0.6 is 11.3 Å². The van der Waals surface area contributed by atoms with Gasteiger partial charge < -0.3 is 19.9 Å². The van der Waals surface area contributed by atoms with Crippen LogP contribution in [0.15, 0.2) is 10.9 Å². The number of ether oxygens (including phenoxy) is 1. The summed E-state index contributed by atoms with van der Waals surface area (Å²) in [5.41, 5.74) is 3.26. The Balaban J connectivity index is 1.44. The fraction of sp³-hybridized carbons (Fsp3) is 0.588. The van der Waals surface area contributed by atoms with Gasteiger partial charge in [-0.25, -0.2) is 14.5 Å². The minimum Gasteiger partial charge on any atom is -0.365 e. The van der Waals surface area contributed by atoms with Crippen molar-refractivity contribution in [2.24, 2.45) is 0 Å². The summed E-state index contributed by atoms with van der Waals surface area (Å²) in [6, 6.07) is -0.182. The van der Waals surface area contributed by atoms with Crippen molar-refractivity contribution in [1.29, 1.82) is 0 Å². The van der Waals surface area contributed by atoms with E-state index in [1.807, 2.05) is 9.58 Å². The van der Waals surface area contributed by atoms with E-state index in [1.54, 1.807) is 25.0 Å². The molecule has 1 fully saturated rings. The Labute approximate surface area is 166 Å². The zero-order chi connectivity index (χ0) is 19.7. The van der Waals surface area contributed by atoms with Gasteiger partial charge >= 0.3 is 6.03 Å². The fourth-order valence-electron chi connectivity index (χ4n) is 3.65. The molecule has 1 spiro atoms. The molecule has 1 atom stereocenters. The number of aromatic nitrogens is 4. The third-order valence-electron chi connectivity index (χ3n) is 5.16. The minimum atomic E-state index is -0.464. The number of fused-ring (bicyclic) bond motifs is 1. The second-order valence-electron chi connectivity index (χ2n) is 7.37. The highest BCUT2D eigenvalue weighted by molar-refractivity contribution is 7.07. The molecule has 2 aliphatic heterocycles. The SMILES string of the molecule is CN(C)C(=O)NCc1nnn2c1COC1(CCCN(C(=O)c3cscn3)C1)C2. The van der Waals surface area contributed by atoms with Crippen molar-refractivity contribution in [3.8, 4) is 0 Å². The lowest BCUT2D eigenvalue weighted by molar-refractivity contribution is -0.122. The largest absolute Gasteiger partial charge is 0.365 e. The number of carbonyl (C=O) groups is 2. The van der Waals surface area contributed by atoms with Gasteiger partial charge in [-0.15, -0.1) is 16.4 Å². The molecule has 0 aromatic carbocycles. The van der Waals surface area contributed by atoms with E-state index in [1.165, 1.54) is 16.2 Å². The van der Waals surface area contributed by atoms with Crippen LogP contribution in [0.25, 0.3) is 0 Å². The van der Waals surface area contributed by atoms with Crippen molar-refractivity contribution < 1.29 is 14.3 Å². The lowest BCUT2D eigenvalue weighted by atomic mass is 9.91. The Bertz CT molecular complexity index is 866. The van der Waals surface area contributed by atoms with Crippen LogP contribution in [0.4, 0.5) is 4.79 Å². The van der Waals surface area contributed by atoms with E-state index in [0.29, 0.717) is 44.2 Å². The molecule has 28 heavy (non-hydrogen) atoms. The fourth-order valence-corrected chi connectivity index (χ4v) is 4.17. The van der Waals surface area contributed by atoms with Crippen LogP contribution in [0.2, 0.25) is 0 Å². The molecule has 0 radical (unpaired) electrons. The first-order valence-electron chi connectivity index (χ1n) is 9.15. The highest BCUT2D eigenvalue weighted by Crippen LogP contribution is 2.33. The highest BCUT2D eigenvalue weighted by atomic mass is 32.1. The molecule has 11 heteroatoms. The van der Waals surface area contributed by atoms with Crippen molar-refractivity contribution in [2.45, 2.75) is 38.1 Å². The number of likely N-dealkylation sites (tertiary alicyclic amines) is 1. The van der Waals surface area contributed by atoms with Crippen molar-refractivity contribution in [3.63, 3.8) is 0 Å². The second-order valence-corrected chi connectivity index (χ2v) is 8.09. The quantitative estimate of drug-likeness (QED) is 0.806. The standard InChI is InChI=1S/C17H23N7O3S/c1-22(2)16(26)18-6-12-14-7-27-17(10-24(14)21-20-12)4-3-5-23(9-17)15(25)13-8-28-11-19-13/h8,11H,3-7,9-10H2,1-2H3,(H,18,26). The number of amides is 3. The first-order chi connectivity index (χ1) is 13.5. The van der Waals surface area contributed by atoms with Gasteiger partial charge in [0.1, 0.15) is 17.0 Å². The van der Waals surface area contributed by atoms with Crippen LogP contribution in [-0.2, 0) is 24.4 Å². The number of thiazole rings is 1. The molecule has 0 saturated carbocycles. The van der Waals surface area contributed by atoms with Gasteiger partial charge in [0.05, 0.1) is 37.4 Å². The summed E-state index contributed by atoms with van der Waals surface area (Å²) in [6.07, 6.45) is 1.73. The molecule has 0 aliphatic carbocycles. The maximum Gasteiger partial charge on any atom is 0.317 e. The molecule has 2 aromatic rings. The Morgan fingerprint density at radius 2 is 2.25 bits per heavy atom. The van der Waals surface area contributed by atoms with Gasteiger partial charge in [0.15, 0.2) is 0 Å². The summed E-state index contributed by atoms with van der Waals surface area (Å²) in [7, 11) is 3.37. The lowest BCUT2D eigenvalue weighted by Gasteiger charge is -2.44. The van der Waals surface area contributed by atoms with E-state index in [4.69, 9.17) is 4.74 Å². The van der Waals surface area contributed by atoms with Crippen LogP contribution in [0, 0.1) is 0 Å². The van der Waals surface area contributed by atoms with Crippen LogP contribution in [-0.4, -0.2) is 74.5 Å². The minimum absolute atomic E-state index is 0.0552. The molecular formula is C17H23N7O3S. The molecular weight excluding hydrogens is 382 g/mol. The Hall–Kier alpha value is -2.53. The van der Waals surface area contributed by atoms with Crippen molar-refractivity contribution in [3.05, 3.63) is 28.0 Å². The van der Waals surface area contributed by atoms with E-state index in [2.05, 4.69) is 20.6 Å². The average molecular weight is 405 g/mol. The summed E-state index contributed by atoms with van der Waals surface area (Å²) in [5.74, 6) is -0.0552. The van der Waals surface area contributed by atoms with E-state index in [9.17, 15) is 9.59 Å². The van der Waals surface area contributed by atoms with Crippen molar-refractivity contribution in [1.82, 2.24) is 35.1 Å². The first kappa shape index (κ1) is 18.8. The zero-order valence-electron chi connectivity index (χ0n) is 15.9. The highest BCUT2D eigenvalue weighted by Gasteiger charge is 2.42.